The molecular formula is C14H22FNO. The van der Waals surface area contributed by atoms with Gasteiger partial charge in [-0.05, 0) is 37.1 Å². The lowest BCUT2D eigenvalue weighted by atomic mass is 9.87. The SMILES string of the molecule is CC(N(C)Cc1ccc(O)c(F)c1)C(C)(C)C. The summed E-state index contributed by atoms with van der Waals surface area (Å²) in [5, 5.41) is 9.13. The van der Waals surface area contributed by atoms with E-state index in [1.807, 2.05) is 7.05 Å². The van der Waals surface area contributed by atoms with Crippen LogP contribution in [0.25, 0.3) is 0 Å². The van der Waals surface area contributed by atoms with E-state index in [1.54, 1.807) is 6.07 Å². The minimum absolute atomic E-state index is 0.185. The Bertz CT molecular complexity index is 384. The lowest BCUT2D eigenvalue weighted by molar-refractivity contribution is 0.134. The highest BCUT2D eigenvalue weighted by molar-refractivity contribution is 5.27. The van der Waals surface area contributed by atoms with Gasteiger partial charge in [0, 0.05) is 12.6 Å². The molecule has 0 radical (unpaired) electrons. The van der Waals surface area contributed by atoms with Crippen LogP contribution in [-0.4, -0.2) is 23.1 Å². The number of phenolic OH excluding ortho intramolecular Hbond substituents is 1. The Morgan fingerprint density at radius 1 is 1.35 bits per heavy atom. The van der Waals surface area contributed by atoms with Crippen LogP contribution in [0.3, 0.4) is 0 Å². The molecule has 17 heavy (non-hydrogen) atoms. The summed E-state index contributed by atoms with van der Waals surface area (Å²) in [4.78, 5) is 2.19. The topological polar surface area (TPSA) is 23.5 Å². The average molecular weight is 239 g/mol. The van der Waals surface area contributed by atoms with Crippen molar-refractivity contribution in [1.29, 1.82) is 0 Å². The molecule has 0 amide bonds. The Labute approximate surface area is 103 Å². The van der Waals surface area contributed by atoms with E-state index in [1.165, 1.54) is 12.1 Å². The van der Waals surface area contributed by atoms with Gasteiger partial charge in [0.15, 0.2) is 11.6 Å². The lowest BCUT2D eigenvalue weighted by Gasteiger charge is -2.35. The van der Waals surface area contributed by atoms with Crippen LogP contribution in [0.5, 0.6) is 5.75 Å². The molecule has 0 spiro atoms. The number of benzene rings is 1. The minimum Gasteiger partial charge on any atom is -0.505 e. The molecule has 1 unspecified atom stereocenters. The first kappa shape index (κ1) is 14.0. The molecule has 1 N–H and O–H groups in total. The summed E-state index contributed by atoms with van der Waals surface area (Å²) in [6.07, 6.45) is 0. The maximum atomic E-state index is 13.2. The third-order valence-corrected chi connectivity index (χ3v) is 3.36. The zero-order chi connectivity index (χ0) is 13.2. The number of nitrogens with zero attached hydrogens (tertiary/aromatic N) is 1. The van der Waals surface area contributed by atoms with Crippen molar-refractivity contribution in [1.82, 2.24) is 4.90 Å². The van der Waals surface area contributed by atoms with Crippen LogP contribution in [0.15, 0.2) is 18.2 Å². The second kappa shape index (κ2) is 5.05. The molecule has 0 heterocycles. The van der Waals surface area contributed by atoms with Crippen LogP contribution >= 0.6 is 0 Å². The van der Waals surface area contributed by atoms with Crippen molar-refractivity contribution in [2.24, 2.45) is 5.41 Å². The van der Waals surface area contributed by atoms with E-state index < -0.39 is 5.82 Å². The van der Waals surface area contributed by atoms with Gasteiger partial charge < -0.3 is 5.11 Å². The smallest absolute Gasteiger partial charge is 0.165 e. The predicted octanol–water partition coefficient (Wildman–Crippen LogP) is 3.40. The number of phenols is 1. The maximum absolute atomic E-state index is 13.2. The normalized spacial score (nSPS) is 14.1. The van der Waals surface area contributed by atoms with Crippen molar-refractivity contribution >= 4 is 0 Å². The van der Waals surface area contributed by atoms with Crippen molar-refractivity contribution in [3.63, 3.8) is 0 Å². The Balaban J connectivity index is 2.74. The summed E-state index contributed by atoms with van der Waals surface area (Å²) in [6, 6.07) is 4.94. The number of rotatable bonds is 3. The monoisotopic (exact) mass is 239 g/mol. The van der Waals surface area contributed by atoms with Crippen LogP contribution < -0.4 is 0 Å². The van der Waals surface area contributed by atoms with Gasteiger partial charge in [-0.3, -0.25) is 4.90 Å². The average Bonchev–Trinajstić information content (AvgIpc) is 2.21. The molecule has 0 aliphatic carbocycles. The van der Waals surface area contributed by atoms with Crippen LogP contribution in [-0.2, 0) is 6.54 Å². The van der Waals surface area contributed by atoms with Crippen molar-refractivity contribution in [2.75, 3.05) is 7.05 Å². The quantitative estimate of drug-likeness (QED) is 0.874. The fourth-order valence-electron chi connectivity index (χ4n) is 1.73. The van der Waals surface area contributed by atoms with Gasteiger partial charge in [-0.25, -0.2) is 4.39 Å². The fraction of sp³-hybridized carbons (Fsp3) is 0.571. The van der Waals surface area contributed by atoms with E-state index in [9.17, 15) is 4.39 Å². The van der Waals surface area contributed by atoms with E-state index in [4.69, 9.17) is 5.11 Å². The highest BCUT2D eigenvalue weighted by Crippen LogP contribution is 2.25. The Morgan fingerprint density at radius 3 is 2.41 bits per heavy atom. The Kier molecular flexibility index (Phi) is 4.15. The van der Waals surface area contributed by atoms with E-state index in [0.717, 1.165) is 5.56 Å². The zero-order valence-corrected chi connectivity index (χ0v) is 11.3. The Morgan fingerprint density at radius 2 is 1.94 bits per heavy atom. The van der Waals surface area contributed by atoms with Gasteiger partial charge in [0.2, 0.25) is 0 Å². The molecule has 0 aliphatic rings. The van der Waals surface area contributed by atoms with Crippen molar-refractivity contribution < 1.29 is 9.50 Å². The first-order valence-electron chi connectivity index (χ1n) is 5.89. The molecule has 1 rings (SSSR count). The van der Waals surface area contributed by atoms with Gasteiger partial charge in [0.05, 0.1) is 0 Å². The molecule has 1 aromatic carbocycles. The standard InChI is InChI=1S/C14H22FNO/c1-10(14(2,3)4)16(5)9-11-6-7-13(17)12(15)8-11/h6-8,10,17H,9H2,1-5H3. The second-order valence-corrected chi connectivity index (χ2v) is 5.74. The van der Waals surface area contributed by atoms with Crippen LogP contribution in [0, 0.1) is 11.2 Å². The molecule has 1 aromatic rings. The summed E-state index contributed by atoms with van der Waals surface area (Å²) in [6.45, 7) is 9.40. The van der Waals surface area contributed by atoms with E-state index in [0.29, 0.717) is 12.6 Å². The molecule has 96 valence electrons. The molecule has 0 aliphatic heterocycles. The molecule has 0 bridgehead atoms. The minimum atomic E-state index is -0.556. The summed E-state index contributed by atoms with van der Waals surface area (Å²) in [7, 11) is 2.03. The number of hydrogen-bond donors (Lipinski definition) is 1. The van der Waals surface area contributed by atoms with Crippen molar-refractivity contribution in [3.05, 3.63) is 29.6 Å². The van der Waals surface area contributed by atoms with E-state index in [2.05, 4.69) is 32.6 Å². The van der Waals surface area contributed by atoms with Crippen molar-refractivity contribution in [2.45, 2.75) is 40.3 Å². The third kappa shape index (κ3) is 3.70. The van der Waals surface area contributed by atoms with Crippen LogP contribution in [0.2, 0.25) is 0 Å². The van der Waals surface area contributed by atoms with Gasteiger partial charge >= 0.3 is 0 Å². The van der Waals surface area contributed by atoms with Crippen LogP contribution in [0.4, 0.5) is 4.39 Å². The first-order chi connectivity index (χ1) is 7.71. The number of halogens is 1. The molecule has 0 saturated carbocycles. The maximum Gasteiger partial charge on any atom is 0.165 e. The van der Waals surface area contributed by atoms with Gasteiger partial charge in [-0.15, -0.1) is 0 Å². The molecule has 3 heteroatoms. The van der Waals surface area contributed by atoms with Gasteiger partial charge in [0.1, 0.15) is 0 Å². The zero-order valence-electron chi connectivity index (χ0n) is 11.3. The van der Waals surface area contributed by atoms with Crippen molar-refractivity contribution in [3.8, 4) is 5.75 Å². The molecule has 1 atom stereocenters. The largest absolute Gasteiger partial charge is 0.505 e. The van der Waals surface area contributed by atoms with E-state index >= 15 is 0 Å². The van der Waals surface area contributed by atoms with Gasteiger partial charge in [-0.1, -0.05) is 26.8 Å². The first-order valence-corrected chi connectivity index (χ1v) is 5.89. The number of hydrogen-bond acceptors (Lipinski definition) is 2. The fourth-order valence-corrected chi connectivity index (χ4v) is 1.73. The van der Waals surface area contributed by atoms with E-state index in [-0.39, 0.29) is 11.2 Å². The van der Waals surface area contributed by atoms with Gasteiger partial charge in [-0.2, -0.15) is 0 Å². The summed E-state index contributed by atoms with van der Waals surface area (Å²) >= 11 is 0. The predicted molar refractivity (Wildman–Crippen MR) is 68.4 cm³/mol. The molecular weight excluding hydrogens is 217 g/mol. The summed E-state index contributed by atoms with van der Waals surface area (Å²) < 4.78 is 13.2. The molecule has 0 aromatic heterocycles. The molecule has 0 fully saturated rings. The third-order valence-electron chi connectivity index (χ3n) is 3.36. The van der Waals surface area contributed by atoms with Crippen LogP contribution in [0.1, 0.15) is 33.3 Å². The lowest BCUT2D eigenvalue weighted by Crippen LogP contribution is -2.38. The second-order valence-electron chi connectivity index (χ2n) is 5.74. The highest BCUT2D eigenvalue weighted by atomic mass is 19.1. The number of aromatic hydroxyl groups is 1. The molecule has 2 nitrogen and oxygen atoms in total. The Hall–Kier alpha value is -1.09. The summed E-state index contributed by atoms with van der Waals surface area (Å²) in [5.41, 5.74) is 1.06. The molecule has 0 saturated heterocycles. The summed E-state index contributed by atoms with van der Waals surface area (Å²) in [5.74, 6) is -0.848. The van der Waals surface area contributed by atoms with Gasteiger partial charge in [0.25, 0.3) is 0 Å². The highest BCUT2D eigenvalue weighted by Gasteiger charge is 2.23.